The Morgan fingerprint density at radius 2 is 2.08 bits per heavy atom. The van der Waals surface area contributed by atoms with E-state index in [4.69, 9.17) is 10.2 Å². The quantitative estimate of drug-likeness (QED) is 0.815. The molecule has 0 radical (unpaired) electrons. The molecule has 24 heavy (non-hydrogen) atoms. The summed E-state index contributed by atoms with van der Waals surface area (Å²) in [6, 6.07) is 3.24. The average Bonchev–Trinajstić information content (AvgIpc) is 2.86. The number of piperidine rings is 1. The van der Waals surface area contributed by atoms with Crippen LogP contribution in [-0.2, 0) is 9.59 Å². The zero-order valence-electron chi connectivity index (χ0n) is 13.3. The number of hydrogen-bond acceptors (Lipinski definition) is 5. The van der Waals surface area contributed by atoms with Gasteiger partial charge < -0.3 is 15.1 Å². The van der Waals surface area contributed by atoms with Crippen molar-refractivity contribution in [2.24, 2.45) is 5.73 Å². The Balaban J connectivity index is 1.85. The summed E-state index contributed by atoms with van der Waals surface area (Å²) in [5.74, 6) is -1.26. The van der Waals surface area contributed by atoms with E-state index < -0.39 is 17.6 Å². The first kappa shape index (κ1) is 15.1. The van der Waals surface area contributed by atoms with Crippen LogP contribution in [0.5, 0.6) is 0 Å². The number of furan rings is 1. The van der Waals surface area contributed by atoms with Gasteiger partial charge in [0.25, 0.3) is 0 Å². The van der Waals surface area contributed by atoms with Crippen LogP contribution in [0.15, 0.2) is 16.5 Å². The zero-order chi connectivity index (χ0) is 17.0. The van der Waals surface area contributed by atoms with Crippen molar-refractivity contribution >= 4 is 28.5 Å². The summed E-state index contributed by atoms with van der Waals surface area (Å²) in [4.78, 5) is 25.5. The maximum Gasteiger partial charge on any atom is 0.234 e. The molecule has 3 heterocycles. The van der Waals surface area contributed by atoms with E-state index in [1.807, 2.05) is 4.90 Å². The lowest BCUT2D eigenvalue weighted by Gasteiger charge is -2.39. The lowest BCUT2D eigenvalue weighted by atomic mass is 9.87. The second-order valence-electron chi connectivity index (χ2n) is 6.56. The highest BCUT2D eigenvalue weighted by atomic mass is 19.1. The van der Waals surface area contributed by atoms with Gasteiger partial charge in [-0.3, -0.25) is 14.9 Å². The zero-order valence-corrected chi connectivity index (χ0v) is 13.3. The lowest BCUT2D eigenvalue weighted by molar-refractivity contribution is -0.134. The van der Waals surface area contributed by atoms with Gasteiger partial charge in [0.05, 0.1) is 11.6 Å². The molecule has 0 aliphatic carbocycles. The molecule has 1 aromatic heterocycles. The topological polar surface area (TPSA) is 88.6 Å². The van der Waals surface area contributed by atoms with E-state index in [-0.39, 0.29) is 18.4 Å². The average molecular weight is 331 g/mol. The number of rotatable bonds is 2. The second-order valence-corrected chi connectivity index (χ2v) is 6.56. The molecule has 3 N–H and O–H groups in total. The Kier molecular flexibility index (Phi) is 3.35. The van der Waals surface area contributed by atoms with Crippen LogP contribution in [0.4, 0.5) is 10.1 Å². The lowest BCUT2D eigenvalue weighted by Crippen LogP contribution is -2.56. The van der Waals surface area contributed by atoms with E-state index in [1.165, 1.54) is 6.07 Å². The number of halogens is 1. The number of nitrogens with two attached hydrogens (primary N) is 1. The number of nitrogens with one attached hydrogen (secondary N) is 1. The number of carbonyl (C=O) groups is 2. The van der Waals surface area contributed by atoms with Crippen molar-refractivity contribution in [3.05, 3.63) is 29.3 Å². The summed E-state index contributed by atoms with van der Waals surface area (Å²) in [6.07, 6.45) is 0.506. The monoisotopic (exact) mass is 331 g/mol. The number of nitrogens with zero attached hydrogens (tertiary/aromatic N) is 1. The number of benzene rings is 1. The number of anilines is 1. The molecule has 2 aliphatic heterocycles. The summed E-state index contributed by atoms with van der Waals surface area (Å²) < 4.78 is 20.7. The minimum atomic E-state index is -0.685. The molecule has 2 fully saturated rings. The van der Waals surface area contributed by atoms with E-state index in [0.717, 1.165) is 0 Å². The fraction of sp³-hybridized carbons (Fsp3) is 0.412. The first-order chi connectivity index (χ1) is 11.4. The van der Waals surface area contributed by atoms with Gasteiger partial charge in [-0.25, -0.2) is 4.39 Å². The van der Waals surface area contributed by atoms with Crippen LogP contribution >= 0.6 is 0 Å². The molecule has 0 saturated carbocycles. The maximum atomic E-state index is 14.9. The summed E-state index contributed by atoms with van der Waals surface area (Å²) >= 11 is 0. The Morgan fingerprint density at radius 1 is 1.33 bits per heavy atom. The summed E-state index contributed by atoms with van der Waals surface area (Å²) in [5.41, 5.74) is 7.36. The first-order valence-corrected chi connectivity index (χ1v) is 8.01. The molecular formula is C17H18FN3O3. The van der Waals surface area contributed by atoms with Gasteiger partial charge in [-0.15, -0.1) is 0 Å². The van der Waals surface area contributed by atoms with Gasteiger partial charge in [0.15, 0.2) is 5.58 Å². The van der Waals surface area contributed by atoms with Gasteiger partial charge in [0.1, 0.15) is 11.6 Å². The molecule has 2 aromatic rings. The molecule has 2 amide bonds. The van der Waals surface area contributed by atoms with E-state index in [1.54, 1.807) is 13.0 Å². The van der Waals surface area contributed by atoms with E-state index in [2.05, 4.69) is 5.32 Å². The molecule has 126 valence electrons. The van der Waals surface area contributed by atoms with Crippen LogP contribution in [0.2, 0.25) is 0 Å². The molecule has 2 saturated heterocycles. The highest BCUT2D eigenvalue weighted by Crippen LogP contribution is 2.40. The molecule has 1 aromatic carbocycles. The number of carbonyl (C=O) groups excluding carboxylic acids is 2. The summed E-state index contributed by atoms with van der Waals surface area (Å²) in [5, 5.41) is 2.88. The number of hydrogen-bond donors (Lipinski definition) is 2. The van der Waals surface area contributed by atoms with Gasteiger partial charge in [0.2, 0.25) is 11.8 Å². The molecular weight excluding hydrogens is 313 g/mol. The van der Waals surface area contributed by atoms with Crippen molar-refractivity contribution < 1.29 is 18.4 Å². The van der Waals surface area contributed by atoms with Crippen LogP contribution < -0.4 is 16.0 Å². The third-order valence-corrected chi connectivity index (χ3v) is 4.74. The highest BCUT2D eigenvalue weighted by Gasteiger charge is 2.34. The molecule has 4 rings (SSSR count). The van der Waals surface area contributed by atoms with Crippen LogP contribution in [-0.4, -0.2) is 30.9 Å². The van der Waals surface area contributed by atoms with Crippen LogP contribution in [0.25, 0.3) is 11.0 Å². The fourth-order valence-corrected chi connectivity index (χ4v) is 3.56. The van der Waals surface area contributed by atoms with Gasteiger partial charge in [-0.2, -0.15) is 0 Å². The predicted octanol–water partition coefficient (Wildman–Crippen LogP) is 1.55. The number of imide groups is 1. The summed E-state index contributed by atoms with van der Waals surface area (Å²) in [6.45, 7) is 3.08. The van der Waals surface area contributed by atoms with E-state index in [0.29, 0.717) is 47.5 Å². The molecule has 1 unspecified atom stereocenters. The molecule has 2 aliphatic rings. The van der Waals surface area contributed by atoms with E-state index in [9.17, 15) is 14.0 Å². The first-order valence-electron chi connectivity index (χ1n) is 8.01. The van der Waals surface area contributed by atoms with Crippen LogP contribution in [0.1, 0.15) is 30.1 Å². The molecule has 0 bridgehead atoms. The fourth-order valence-electron chi connectivity index (χ4n) is 3.56. The largest absolute Gasteiger partial charge is 0.459 e. The standard InChI is InChI=1S/C17H18FN3O3/c1-8-4-11-15(10-2-3-14(22)20-17(10)23)12(18)5-13(16(11)24-8)21-6-9(19)7-21/h4-5,9-10H,2-3,6-7,19H2,1H3,(H,20,22,23). The van der Waals surface area contributed by atoms with Crippen LogP contribution in [0, 0.1) is 12.7 Å². The van der Waals surface area contributed by atoms with Gasteiger partial charge in [-0.1, -0.05) is 0 Å². The van der Waals surface area contributed by atoms with Gasteiger partial charge in [0, 0.05) is 42.6 Å². The smallest absolute Gasteiger partial charge is 0.234 e. The molecule has 6 nitrogen and oxygen atoms in total. The number of amides is 2. The number of fused-ring (bicyclic) bond motifs is 1. The van der Waals surface area contributed by atoms with Crippen molar-refractivity contribution in [2.45, 2.75) is 31.7 Å². The molecule has 7 heteroatoms. The predicted molar refractivity (Wildman–Crippen MR) is 86.2 cm³/mol. The third-order valence-electron chi connectivity index (χ3n) is 4.74. The highest BCUT2D eigenvalue weighted by molar-refractivity contribution is 6.04. The van der Waals surface area contributed by atoms with Gasteiger partial charge in [-0.05, 0) is 19.4 Å². The normalized spacial score (nSPS) is 22.0. The maximum absolute atomic E-state index is 14.9. The van der Waals surface area contributed by atoms with Crippen molar-refractivity contribution in [3.8, 4) is 0 Å². The molecule has 1 atom stereocenters. The Bertz CT molecular complexity index is 854. The Hall–Kier alpha value is -2.41. The number of aryl methyl sites for hydroxylation is 1. The Morgan fingerprint density at radius 3 is 2.75 bits per heavy atom. The minimum absolute atomic E-state index is 0.0778. The third kappa shape index (κ3) is 2.27. The van der Waals surface area contributed by atoms with Crippen LogP contribution in [0.3, 0.4) is 0 Å². The molecule has 0 spiro atoms. The SMILES string of the molecule is Cc1cc2c(C3CCC(=O)NC3=O)c(F)cc(N3CC(N)C3)c2o1. The van der Waals surface area contributed by atoms with Gasteiger partial charge >= 0.3 is 0 Å². The van der Waals surface area contributed by atoms with Crippen molar-refractivity contribution in [1.82, 2.24) is 5.32 Å². The van der Waals surface area contributed by atoms with E-state index >= 15 is 0 Å². The Labute approximate surface area is 137 Å². The second kappa shape index (κ2) is 5.31. The minimum Gasteiger partial charge on any atom is -0.459 e. The van der Waals surface area contributed by atoms with Crippen molar-refractivity contribution in [3.63, 3.8) is 0 Å². The van der Waals surface area contributed by atoms with Crippen molar-refractivity contribution in [2.75, 3.05) is 18.0 Å². The van der Waals surface area contributed by atoms with Crippen molar-refractivity contribution in [1.29, 1.82) is 0 Å². The summed E-state index contributed by atoms with van der Waals surface area (Å²) in [7, 11) is 0.